The van der Waals surface area contributed by atoms with Crippen molar-refractivity contribution in [3.63, 3.8) is 0 Å². The van der Waals surface area contributed by atoms with Crippen molar-refractivity contribution >= 4 is 17.4 Å². The third-order valence-corrected chi connectivity index (χ3v) is 3.32. The number of aromatic nitrogens is 3. The lowest BCUT2D eigenvalue weighted by Crippen LogP contribution is -2.19. The predicted octanol–water partition coefficient (Wildman–Crippen LogP) is 1.99. The number of nitriles is 1. The summed E-state index contributed by atoms with van der Waals surface area (Å²) < 4.78 is 1.73. The zero-order valence-electron chi connectivity index (χ0n) is 9.93. The smallest absolute Gasteiger partial charge is 0.140 e. The monoisotopic (exact) mass is 272 g/mol. The van der Waals surface area contributed by atoms with Gasteiger partial charge in [-0.05, 0) is 6.07 Å². The van der Waals surface area contributed by atoms with Crippen LogP contribution in [0.25, 0.3) is 11.3 Å². The second-order valence-electron chi connectivity index (χ2n) is 4.36. The average molecular weight is 273 g/mol. The Morgan fingerprint density at radius 2 is 2.26 bits per heavy atom. The molecule has 0 N–H and O–H groups in total. The molecule has 0 spiro atoms. The molecule has 0 aromatic carbocycles. The first-order chi connectivity index (χ1) is 9.19. The van der Waals surface area contributed by atoms with Crippen LogP contribution in [0.3, 0.4) is 0 Å². The van der Waals surface area contributed by atoms with E-state index < -0.39 is 0 Å². The highest BCUT2D eigenvalue weighted by atomic mass is 35.5. The van der Waals surface area contributed by atoms with Gasteiger partial charge in [-0.3, -0.25) is 14.5 Å². The summed E-state index contributed by atoms with van der Waals surface area (Å²) >= 11 is 5.91. The van der Waals surface area contributed by atoms with Gasteiger partial charge in [-0.2, -0.15) is 10.4 Å². The number of halogens is 1. The van der Waals surface area contributed by atoms with E-state index in [0.29, 0.717) is 40.5 Å². The van der Waals surface area contributed by atoms with E-state index in [1.165, 1.54) is 6.20 Å². The predicted molar refractivity (Wildman–Crippen MR) is 68.5 cm³/mol. The van der Waals surface area contributed by atoms with E-state index >= 15 is 0 Å². The fourth-order valence-corrected chi connectivity index (χ4v) is 2.40. The van der Waals surface area contributed by atoms with Crippen LogP contribution in [-0.4, -0.2) is 20.5 Å². The fraction of sp³-hybridized carbons (Fsp3) is 0.231. The highest BCUT2D eigenvalue weighted by molar-refractivity contribution is 6.30. The minimum absolute atomic E-state index is 0.139. The highest BCUT2D eigenvalue weighted by Gasteiger charge is 2.24. The number of hydrogen-bond donors (Lipinski definition) is 0. The van der Waals surface area contributed by atoms with Crippen molar-refractivity contribution in [2.24, 2.45) is 0 Å². The maximum absolute atomic E-state index is 11.5. The van der Waals surface area contributed by atoms with Crippen molar-refractivity contribution in [2.45, 2.75) is 19.4 Å². The summed E-state index contributed by atoms with van der Waals surface area (Å²) in [5.41, 5.74) is 2.37. The summed E-state index contributed by atoms with van der Waals surface area (Å²) in [4.78, 5) is 15.5. The second-order valence-corrected chi connectivity index (χ2v) is 4.80. The van der Waals surface area contributed by atoms with E-state index in [1.54, 1.807) is 16.9 Å². The number of aryl methyl sites for hydroxylation is 1. The van der Waals surface area contributed by atoms with Gasteiger partial charge in [0.25, 0.3) is 0 Å². The van der Waals surface area contributed by atoms with E-state index in [9.17, 15) is 10.1 Å². The number of hydrogen-bond acceptors (Lipinski definition) is 4. The molecule has 0 atom stereocenters. The second kappa shape index (κ2) is 4.48. The number of Topliss-reactive ketones (excluding diaryl/α,β-unsaturated/α-hetero) is 1. The van der Waals surface area contributed by atoms with Crippen molar-refractivity contribution in [1.82, 2.24) is 14.8 Å². The Labute approximate surface area is 114 Å². The molecule has 0 saturated heterocycles. The maximum atomic E-state index is 11.5. The first-order valence-corrected chi connectivity index (χ1v) is 6.19. The molecule has 19 heavy (non-hydrogen) atoms. The molecule has 3 rings (SSSR count). The quantitative estimate of drug-likeness (QED) is 0.796. The Kier molecular flexibility index (Phi) is 2.80. The third-order valence-electron chi connectivity index (χ3n) is 3.11. The lowest BCUT2D eigenvalue weighted by molar-refractivity contribution is -0.119. The van der Waals surface area contributed by atoms with Crippen LogP contribution in [0.5, 0.6) is 0 Å². The van der Waals surface area contributed by atoms with Gasteiger partial charge in [-0.1, -0.05) is 11.6 Å². The van der Waals surface area contributed by atoms with Crippen molar-refractivity contribution in [3.05, 3.63) is 34.7 Å². The molecule has 0 fully saturated rings. The molecular weight excluding hydrogens is 264 g/mol. The molecule has 2 aromatic heterocycles. The van der Waals surface area contributed by atoms with E-state index in [2.05, 4.69) is 16.2 Å². The number of fused-ring (bicyclic) bond motifs is 1. The number of rotatable bonds is 1. The third kappa shape index (κ3) is 2.00. The van der Waals surface area contributed by atoms with Gasteiger partial charge < -0.3 is 0 Å². The van der Waals surface area contributed by atoms with E-state index in [0.717, 1.165) is 0 Å². The largest absolute Gasteiger partial charge is 0.299 e. The van der Waals surface area contributed by atoms with Gasteiger partial charge in [0.2, 0.25) is 0 Å². The van der Waals surface area contributed by atoms with Crippen molar-refractivity contribution < 1.29 is 4.79 Å². The summed E-state index contributed by atoms with van der Waals surface area (Å²) in [6.07, 6.45) is 3.87. The highest BCUT2D eigenvalue weighted by Crippen LogP contribution is 2.28. The molecule has 1 aliphatic heterocycles. The Morgan fingerprint density at radius 1 is 1.42 bits per heavy atom. The lowest BCUT2D eigenvalue weighted by Gasteiger charge is -2.11. The topological polar surface area (TPSA) is 71.6 Å². The van der Waals surface area contributed by atoms with Gasteiger partial charge >= 0.3 is 0 Å². The van der Waals surface area contributed by atoms with Crippen LogP contribution in [-0.2, 0) is 17.8 Å². The SMILES string of the molecule is N#Cc1c(-c2cncc(Cl)c2)nn2c1CC(=O)CC2. The fourth-order valence-electron chi connectivity index (χ4n) is 2.23. The zero-order valence-corrected chi connectivity index (χ0v) is 10.7. The Balaban J connectivity index is 2.18. The van der Waals surface area contributed by atoms with Crippen LogP contribution in [0, 0.1) is 11.3 Å². The van der Waals surface area contributed by atoms with Crippen LogP contribution in [0.2, 0.25) is 5.02 Å². The van der Waals surface area contributed by atoms with Crippen LogP contribution >= 0.6 is 11.6 Å². The van der Waals surface area contributed by atoms with Crippen molar-refractivity contribution in [1.29, 1.82) is 5.26 Å². The Hall–Kier alpha value is -2.19. The summed E-state index contributed by atoms with van der Waals surface area (Å²) in [6.45, 7) is 0.525. The van der Waals surface area contributed by atoms with Gasteiger partial charge in [-0.15, -0.1) is 0 Å². The summed E-state index contributed by atoms with van der Waals surface area (Å²) in [7, 11) is 0. The molecule has 0 amide bonds. The standard InChI is InChI=1S/C13H9ClN4O/c14-9-3-8(6-16-7-9)13-11(5-15)12-4-10(19)1-2-18(12)17-13/h3,6-7H,1-2,4H2. The summed E-state index contributed by atoms with van der Waals surface area (Å²) in [6, 6.07) is 3.85. The van der Waals surface area contributed by atoms with Crippen LogP contribution in [0.1, 0.15) is 17.7 Å². The molecule has 2 aromatic rings. The lowest BCUT2D eigenvalue weighted by atomic mass is 10.0. The van der Waals surface area contributed by atoms with E-state index in [4.69, 9.17) is 11.6 Å². The normalized spacial score (nSPS) is 14.0. The molecule has 0 aliphatic carbocycles. The van der Waals surface area contributed by atoms with E-state index in [-0.39, 0.29) is 12.2 Å². The summed E-state index contributed by atoms with van der Waals surface area (Å²) in [5, 5.41) is 14.2. The number of carbonyl (C=O) groups is 1. The van der Waals surface area contributed by atoms with E-state index in [1.807, 2.05) is 0 Å². The maximum Gasteiger partial charge on any atom is 0.140 e. The molecule has 6 heteroatoms. The van der Waals surface area contributed by atoms with Crippen LogP contribution in [0.4, 0.5) is 0 Å². The molecule has 94 valence electrons. The minimum atomic E-state index is 0.139. The molecule has 3 heterocycles. The number of pyridine rings is 1. The summed E-state index contributed by atoms with van der Waals surface area (Å²) in [5.74, 6) is 0.139. The Bertz CT molecular complexity index is 714. The number of carbonyl (C=O) groups excluding carboxylic acids is 1. The van der Waals surface area contributed by atoms with Crippen LogP contribution < -0.4 is 0 Å². The van der Waals surface area contributed by atoms with Gasteiger partial charge in [0.15, 0.2) is 0 Å². The molecule has 5 nitrogen and oxygen atoms in total. The molecule has 1 aliphatic rings. The zero-order chi connectivity index (χ0) is 13.4. The molecule has 0 unspecified atom stereocenters. The average Bonchev–Trinajstić information content (AvgIpc) is 2.76. The molecule has 0 bridgehead atoms. The molecule has 0 saturated carbocycles. The number of ketones is 1. The minimum Gasteiger partial charge on any atom is -0.299 e. The van der Waals surface area contributed by atoms with Gasteiger partial charge in [0.1, 0.15) is 23.1 Å². The first-order valence-electron chi connectivity index (χ1n) is 5.81. The van der Waals surface area contributed by atoms with Gasteiger partial charge in [0.05, 0.1) is 10.7 Å². The Morgan fingerprint density at radius 3 is 3.00 bits per heavy atom. The van der Waals surface area contributed by atoms with Crippen LogP contribution in [0.15, 0.2) is 18.5 Å². The molecule has 0 radical (unpaired) electrons. The number of nitrogens with zero attached hydrogens (tertiary/aromatic N) is 4. The van der Waals surface area contributed by atoms with Gasteiger partial charge in [-0.25, -0.2) is 0 Å². The van der Waals surface area contributed by atoms with Gasteiger partial charge in [0, 0.05) is 37.3 Å². The first kappa shape index (κ1) is 11.9. The van der Waals surface area contributed by atoms with Crippen molar-refractivity contribution in [3.8, 4) is 17.3 Å². The molecular formula is C13H9ClN4O. The van der Waals surface area contributed by atoms with Crippen molar-refractivity contribution in [2.75, 3.05) is 0 Å².